The van der Waals surface area contributed by atoms with Crippen LogP contribution in [-0.2, 0) is 10.3 Å². The summed E-state index contributed by atoms with van der Waals surface area (Å²) in [5.74, 6) is 0.334. The first kappa shape index (κ1) is 13.9. The molecule has 2 atom stereocenters. The fraction of sp³-hybridized carbons (Fsp3) is 1.00. The van der Waals surface area contributed by atoms with Gasteiger partial charge in [-0.2, -0.15) is 13.1 Å². The van der Waals surface area contributed by atoms with Crippen molar-refractivity contribution < 1.29 is 44.0 Å². The monoisotopic (exact) mass is 217 g/mol. The van der Waals surface area contributed by atoms with Gasteiger partial charge in [0.2, 0.25) is 0 Å². The first-order valence-corrected chi connectivity index (χ1v) is 5.68. The quantitative estimate of drug-likeness (QED) is 0.418. The minimum Gasteiger partial charge on any atom is -1.00 e. The van der Waals surface area contributed by atoms with Gasteiger partial charge < -0.3 is 1.43 Å². The molecule has 0 heterocycles. The van der Waals surface area contributed by atoms with E-state index in [-0.39, 0.29) is 37.0 Å². The van der Waals surface area contributed by atoms with Crippen LogP contribution in [-0.4, -0.2) is 19.0 Å². The molecule has 1 rings (SSSR count). The Bertz CT molecular complexity index is 247. The molecule has 0 radical (unpaired) electrons. The molecule has 74 valence electrons. The SMILES string of the molecule is CC1CCCCC1NS(=O)(=O)O.[H-].[Na+]. The normalized spacial score (nSPS) is 29.4. The second-order valence-corrected chi connectivity index (χ2v) is 4.65. The van der Waals surface area contributed by atoms with Crippen LogP contribution in [0.4, 0.5) is 0 Å². The molecular formula is C7H16NNaO3S. The standard InChI is InChI=1S/C7H15NO3S.Na.H/c1-6-4-2-3-5-7(6)8-12(9,10)11;;/h6-8H,2-5H2,1H3,(H,9,10,11);;/q;+1;-1. The molecule has 2 unspecified atom stereocenters. The molecule has 13 heavy (non-hydrogen) atoms. The fourth-order valence-corrected chi connectivity index (χ4v) is 2.42. The first-order valence-electron chi connectivity index (χ1n) is 4.24. The van der Waals surface area contributed by atoms with Crippen molar-refractivity contribution in [3.8, 4) is 0 Å². The van der Waals surface area contributed by atoms with Gasteiger partial charge in [0.25, 0.3) is 0 Å². The van der Waals surface area contributed by atoms with Crippen LogP contribution >= 0.6 is 0 Å². The third-order valence-corrected chi connectivity index (χ3v) is 3.01. The molecule has 0 aliphatic heterocycles. The van der Waals surface area contributed by atoms with E-state index in [1.165, 1.54) is 0 Å². The van der Waals surface area contributed by atoms with E-state index in [1.807, 2.05) is 6.92 Å². The zero-order valence-corrected chi connectivity index (χ0v) is 11.0. The molecule has 1 saturated carbocycles. The molecule has 1 aliphatic rings. The molecular weight excluding hydrogens is 201 g/mol. The molecule has 0 spiro atoms. The van der Waals surface area contributed by atoms with Gasteiger partial charge in [-0.3, -0.25) is 4.55 Å². The average molecular weight is 217 g/mol. The summed E-state index contributed by atoms with van der Waals surface area (Å²) in [6.07, 6.45) is 4.07. The van der Waals surface area contributed by atoms with Crippen LogP contribution in [0.2, 0.25) is 0 Å². The third kappa shape index (κ3) is 5.34. The van der Waals surface area contributed by atoms with Crippen molar-refractivity contribution >= 4 is 10.3 Å². The molecule has 0 aromatic carbocycles. The second-order valence-electron chi connectivity index (χ2n) is 3.46. The van der Waals surface area contributed by atoms with Gasteiger partial charge in [-0.25, -0.2) is 0 Å². The van der Waals surface area contributed by atoms with Crippen molar-refractivity contribution in [2.24, 2.45) is 5.92 Å². The van der Waals surface area contributed by atoms with Crippen LogP contribution in [0.1, 0.15) is 34.0 Å². The Morgan fingerprint density at radius 1 is 1.38 bits per heavy atom. The van der Waals surface area contributed by atoms with E-state index in [9.17, 15) is 8.42 Å². The van der Waals surface area contributed by atoms with E-state index < -0.39 is 10.3 Å². The van der Waals surface area contributed by atoms with Gasteiger partial charge in [0.15, 0.2) is 0 Å². The van der Waals surface area contributed by atoms with Crippen LogP contribution in [0.15, 0.2) is 0 Å². The Hall–Kier alpha value is 0.870. The maximum Gasteiger partial charge on any atom is 1.00 e. The molecule has 1 aliphatic carbocycles. The summed E-state index contributed by atoms with van der Waals surface area (Å²) >= 11 is 0. The molecule has 0 aromatic heterocycles. The molecule has 0 amide bonds. The molecule has 0 bridgehead atoms. The van der Waals surface area contributed by atoms with Crippen molar-refractivity contribution in [3.63, 3.8) is 0 Å². The number of rotatable bonds is 2. The minimum atomic E-state index is -4.01. The van der Waals surface area contributed by atoms with E-state index in [0.29, 0.717) is 5.92 Å². The predicted molar refractivity (Wildman–Crippen MR) is 47.2 cm³/mol. The average Bonchev–Trinajstić information content (AvgIpc) is 1.91. The van der Waals surface area contributed by atoms with E-state index in [1.54, 1.807) is 0 Å². The second kappa shape index (κ2) is 5.68. The minimum absolute atomic E-state index is 0. The van der Waals surface area contributed by atoms with Crippen LogP contribution in [0.25, 0.3) is 0 Å². The van der Waals surface area contributed by atoms with Gasteiger partial charge in [-0.15, -0.1) is 0 Å². The van der Waals surface area contributed by atoms with Crippen molar-refractivity contribution in [2.45, 2.75) is 38.6 Å². The van der Waals surface area contributed by atoms with E-state index >= 15 is 0 Å². The van der Waals surface area contributed by atoms with Crippen LogP contribution < -0.4 is 34.3 Å². The molecule has 0 saturated heterocycles. The number of hydrogen-bond acceptors (Lipinski definition) is 2. The van der Waals surface area contributed by atoms with Crippen molar-refractivity contribution in [3.05, 3.63) is 0 Å². The Balaban J connectivity index is 0. The van der Waals surface area contributed by atoms with Gasteiger partial charge in [-0.05, 0) is 18.8 Å². The Kier molecular flexibility index (Phi) is 6.06. The van der Waals surface area contributed by atoms with Crippen molar-refractivity contribution in [1.82, 2.24) is 4.72 Å². The molecule has 0 aromatic rings. The van der Waals surface area contributed by atoms with Gasteiger partial charge in [0, 0.05) is 6.04 Å². The summed E-state index contributed by atoms with van der Waals surface area (Å²) in [5, 5.41) is 0. The maximum absolute atomic E-state index is 10.5. The van der Waals surface area contributed by atoms with Crippen LogP contribution in [0.5, 0.6) is 0 Å². The largest absolute Gasteiger partial charge is 1.00 e. The summed E-state index contributed by atoms with van der Waals surface area (Å²) in [6.45, 7) is 2.00. The van der Waals surface area contributed by atoms with Crippen LogP contribution in [0, 0.1) is 5.92 Å². The predicted octanol–water partition coefficient (Wildman–Crippen LogP) is -1.93. The Labute approximate surface area is 103 Å². The van der Waals surface area contributed by atoms with E-state index in [4.69, 9.17) is 4.55 Å². The summed E-state index contributed by atoms with van der Waals surface area (Å²) < 4.78 is 31.8. The Morgan fingerprint density at radius 2 is 1.92 bits per heavy atom. The summed E-state index contributed by atoms with van der Waals surface area (Å²) in [5.41, 5.74) is 0. The van der Waals surface area contributed by atoms with Gasteiger partial charge in [0.1, 0.15) is 0 Å². The zero-order valence-electron chi connectivity index (χ0n) is 9.16. The zero-order chi connectivity index (χ0) is 9.19. The van der Waals surface area contributed by atoms with Crippen molar-refractivity contribution in [2.75, 3.05) is 0 Å². The molecule has 4 nitrogen and oxygen atoms in total. The summed E-state index contributed by atoms with van der Waals surface area (Å²) in [4.78, 5) is 0. The summed E-state index contributed by atoms with van der Waals surface area (Å²) in [7, 11) is -4.01. The van der Waals surface area contributed by atoms with Crippen LogP contribution in [0.3, 0.4) is 0 Å². The Morgan fingerprint density at radius 3 is 2.38 bits per heavy atom. The van der Waals surface area contributed by atoms with Gasteiger partial charge in [-0.1, -0.05) is 19.8 Å². The van der Waals surface area contributed by atoms with Gasteiger partial charge >= 0.3 is 39.9 Å². The van der Waals surface area contributed by atoms with Gasteiger partial charge in [0.05, 0.1) is 0 Å². The topological polar surface area (TPSA) is 66.4 Å². The molecule has 1 fully saturated rings. The molecule has 6 heteroatoms. The maximum atomic E-state index is 10.5. The smallest absolute Gasteiger partial charge is 1.00 e. The third-order valence-electron chi connectivity index (χ3n) is 2.41. The summed E-state index contributed by atoms with van der Waals surface area (Å²) in [6, 6.07) is -0.0752. The fourth-order valence-electron chi connectivity index (χ4n) is 1.68. The van der Waals surface area contributed by atoms with Crippen molar-refractivity contribution in [1.29, 1.82) is 0 Å². The molecule has 2 N–H and O–H groups in total. The first-order chi connectivity index (χ1) is 5.49. The van der Waals surface area contributed by atoms with E-state index in [0.717, 1.165) is 25.7 Å². The number of hydrogen-bond donors (Lipinski definition) is 2. The number of nitrogens with one attached hydrogen (secondary N) is 1. The van der Waals surface area contributed by atoms with E-state index in [2.05, 4.69) is 4.72 Å².